The number of hydrogen-bond acceptors (Lipinski definition) is 2. The van der Waals surface area contributed by atoms with Gasteiger partial charge in [-0.1, -0.05) is 27.4 Å². The monoisotopic (exact) mass is 240 g/mol. The normalized spacial score (nSPS) is 19.3. The average molecular weight is 240 g/mol. The van der Waals surface area contributed by atoms with Crippen molar-refractivity contribution in [1.82, 2.24) is 0 Å². The third-order valence-electron chi connectivity index (χ3n) is 3.81. The van der Waals surface area contributed by atoms with Gasteiger partial charge in [-0.05, 0) is 37.0 Å². The predicted octanol–water partition coefficient (Wildman–Crippen LogP) is 3.69. The molecule has 0 N–H and O–H groups in total. The molecule has 1 aliphatic rings. The summed E-state index contributed by atoms with van der Waals surface area (Å²) >= 11 is 0. The van der Waals surface area contributed by atoms with E-state index in [2.05, 4.69) is 40.4 Å². The summed E-state index contributed by atoms with van der Waals surface area (Å²) in [5, 5.41) is 0.208. The first kappa shape index (κ1) is 13.7. The van der Waals surface area contributed by atoms with E-state index in [1.54, 1.807) is 0 Å². The molecule has 0 aliphatic heterocycles. The van der Waals surface area contributed by atoms with Gasteiger partial charge in [-0.2, -0.15) is 0 Å². The minimum atomic E-state index is -1.74. The maximum Gasteiger partial charge on any atom is 0.192 e. The van der Waals surface area contributed by atoms with Crippen LogP contribution in [0.15, 0.2) is 12.7 Å². The summed E-state index contributed by atoms with van der Waals surface area (Å²) < 4.78 is 6.34. The van der Waals surface area contributed by atoms with Crippen LogP contribution in [-0.2, 0) is 9.22 Å². The van der Waals surface area contributed by atoms with Crippen molar-refractivity contribution < 1.29 is 9.22 Å². The lowest BCUT2D eigenvalue weighted by Gasteiger charge is -2.39. The standard InChI is InChI=1S/C13H24O2Si/c1-7-11(14)10-13(8-9-13)15-16(5,6)12(2,3)4/h7H,1,8-10H2,2-6H3. The van der Waals surface area contributed by atoms with Crippen molar-refractivity contribution in [3.63, 3.8) is 0 Å². The van der Waals surface area contributed by atoms with Gasteiger partial charge in [0.05, 0.1) is 5.60 Å². The van der Waals surface area contributed by atoms with Crippen molar-refractivity contribution in [1.29, 1.82) is 0 Å². The molecule has 1 fully saturated rings. The van der Waals surface area contributed by atoms with Gasteiger partial charge in [-0.25, -0.2) is 0 Å². The van der Waals surface area contributed by atoms with Crippen LogP contribution < -0.4 is 0 Å². The van der Waals surface area contributed by atoms with E-state index in [1.165, 1.54) is 6.08 Å². The highest BCUT2D eigenvalue weighted by molar-refractivity contribution is 6.74. The Hall–Kier alpha value is -0.413. The fraction of sp³-hybridized carbons (Fsp3) is 0.769. The molecule has 2 nitrogen and oxygen atoms in total. The number of ketones is 1. The van der Waals surface area contributed by atoms with Crippen molar-refractivity contribution in [2.24, 2.45) is 0 Å². The molecule has 3 heteroatoms. The summed E-state index contributed by atoms with van der Waals surface area (Å²) in [6.45, 7) is 14.7. The van der Waals surface area contributed by atoms with Crippen molar-refractivity contribution in [2.45, 2.75) is 63.8 Å². The molecule has 0 saturated heterocycles. The summed E-state index contributed by atoms with van der Waals surface area (Å²) in [5.41, 5.74) is -0.145. The Morgan fingerprint density at radius 1 is 1.44 bits per heavy atom. The molecular weight excluding hydrogens is 216 g/mol. The molecule has 0 heterocycles. The van der Waals surface area contributed by atoms with E-state index in [1.807, 2.05) is 0 Å². The van der Waals surface area contributed by atoms with Crippen LogP contribution in [0.2, 0.25) is 18.1 Å². The molecule has 1 saturated carbocycles. The van der Waals surface area contributed by atoms with E-state index in [0.29, 0.717) is 6.42 Å². The van der Waals surface area contributed by atoms with Crippen LogP contribution in [0.5, 0.6) is 0 Å². The Bertz CT molecular complexity index is 296. The Kier molecular flexibility index (Phi) is 3.51. The third-order valence-corrected chi connectivity index (χ3v) is 8.37. The van der Waals surface area contributed by atoms with Gasteiger partial charge >= 0.3 is 0 Å². The molecule has 0 bridgehead atoms. The molecule has 0 amide bonds. The van der Waals surface area contributed by atoms with Crippen LogP contribution in [0.1, 0.15) is 40.0 Å². The van der Waals surface area contributed by atoms with Crippen LogP contribution in [0.3, 0.4) is 0 Å². The maximum atomic E-state index is 11.4. The summed E-state index contributed by atoms with van der Waals surface area (Å²) in [7, 11) is -1.74. The molecule has 0 aromatic heterocycles. The first-order chi connectivity index (χ1) is 7.12. The fourth-order valence-electron chi connectivity index (χ4n) is 1.54. The van der Waals surface area contributed by atoms with E-state index < -0.39 is 8.32 Å². The summed E-state index contributed by atoms with van der Waals surface area (Å²) in [6.07, 6.45) is 3.98. The topological polar surface area (TPSA) is 26.3 Å². The van der Waals surface area contributed by atoms with E-state index in [9.17, 15) is 4.79 Å². The molecule has 0 spiro atoms. The molecule has 0 atom stereocenters. The van der Waals surface area contributed by atoms with Gasteiger partial charge in [0.1, 0.15) is 0 Å². The van der Waals surface area contributed by atoms with Gasteiger partial charge < -0.3 is 4.43 Å². The van der Waals surface area contributed by atoms with Gasteiger partial charge in [0.2, 0.25) is 0 Å². The molecule has 92 valence electrons. The van der Waals surface area contributed by atoms with E-state index in [4.69, 9.17) is 4.43 Å². The first-order valence-corrected chi connectivity index (χ1v) is 8.88. The lowest BCUT2D eigenvalue weighted by molar-refractivity contribution is -0.116. The summed E-state index contributed by atoms with van der Waals surface area (Å²) in [5.74, 6) is 0.108. The van der Waals surface area contributed by atoms with Gasteiger partial charge in [0.25, 0.3) is 0 Å². The summed E-state index contributed by atoms with van der Waals surface area (Å²) in [4.78, 5) is 11.4. The number of allylic oxidation sites excluding steroid dienone is 1. The van der Waals surface area contributed by atoms with Crippen molar-refractivity contribution in [2.75, 3.05) is 0 Å². The minimum Gasteiger partial charge on any atom is -0.411 e. The van der Waals surface area contributed by atoms with Crippen LogP contribution in [0.4, 0.5) is 0 Å². The number of carbonyl (C=O) groups excluding carboxylic acids is 1. The Balaban J connectivity index is 2.67. The van der Waals surface area contributed by atoms with Gasteiger partial charge in [-0.15, -0.1) is 0 Å². The van der Waals surface area contributed by atoms with E-state index in [0.717, 1.165) is 12.8 Å². The number of rotatable bonds is 5. The fourth-order valence-corrected chi connectivity index (χ4v) is 3.20. The van der Waals surface area contributed by atoms with Crippen molar-refractivity contribution in [3.05, 3.63) is 12.7 Å². The lowest BCUT2D eigenvalue weighted by Crippen LogP contribution is -2.45. The minimum absolute atomic E-state index is 0.108. The Morgan fingerprint density at radius 2 is 1.94 bits per heavy atom. The molecular formula is C13H24O2Si. The zero-order valence-electron chi connectivity index (χ0n) is 11.2. The van der Waals surface area contributed by atoms with Gasteiger partial charge in [0.15, 0.2) is 14.1 Å². The summed E-state index contributed by atoms with van der Waals surface area (Å²) in [6, 6.07) is 0. The maximum absolute atomic E-state index is 11.4. The molecule has 0 unspecified atom stereocenters. The molecule has 0 radical (unpaired) electrons. The van der Waals surface area contributed by atoms with Crippen LogP contribution in [-0.4, -0.2) is 19.7 Å². The second-order valence-electron chi connectivity index (χ2n) is 6.39. The quantitative estimate of drug-likeness (QED) is 0.541. The average Bonchev–Trinajstić information content (AvgIpc) is 2.81. The zero-order valence-corrected chi connectivity index (χ0v) is 12.2. The Labute approximate surface area is 100 Å². The second kappa shape index (κ2) is 4.11. The second-order valence-corrected chi connectivity index (χ2v) is 11.1. The third kappa shape index (κ3) is 3.05. The highest BCUT2D eigenvalue weighted by Gasteiger charge is 2.51. The van der Waals surface area contributed by atoms with Crippen LogP contribution in [0, 0.1) is 0 Å². The van der Waals surface area contributed by atoms with Crippen molar-refractivity contribution in [3.8, 4) is 0 Å². The number of carbonyl (C=O) groups is 1. The molecule has 0 aromatic carbocycles. The zero-order chi connectivity index (χ0) is 12.6. The predicted molar refractivity (Wildman–Crippen MR) is 70.1 cm³/mol. The molecule has 0 aromatic rings. The highest BCUT2D eigenvalue weighted by atomic mass is 28.4. The first-order valence-electron chi connectivity index (χ1n) is 5.97. The lowest BCUT2D eigenvalue weighted by atomic mass is 10.1. The van der Waals surface area contributed by atoms with Crippen LogP contribution >= 0.6 is 0 Å². The van der Waals surface area contributed by atoms with Gasteiger partial charge in [0, 0.05) is 6.42 Å². The Morgan fingerprint density at radius 3 is 2.25 bits per heavy atom. The van der Waals surface area contributed by atoms with Crippen LogP contribution in [0.25, 0.3) is 0 Å². The number of hydrogen-bond donors (Lipinski definition) is 0. The smallest absolute Gasteiger partial charge is 0.192 e. The molecule has 1 rings (SSSR count). The highest BCUT2D eigenvalue weighted by Crippen LogP contribution is 2.49. The largest absolute Gasteiger partial charge is 0.411 e. The molecule has 1 aliphatic carbocycles. The van der Waals surface area contributed by atoms with Crippen molar-refractivity contribution >= 4 is 14.1 Å². The SMILES string of the molecule is C=CC(=O)CC1(O[Si](C)(C)C(C)(C)C)CC1. The molecule has 16 heavy (non-hydrogen) atoms. The van der Waals surface area contributed by atoms with E-state index >= 15 is 0 Å². The van der Waals surface area contributed by atoms with E-state index in [-0.39, 0.29) is 16.4 Å². The van der Waals surface area contributed by atoms with Gasteiger partial charge in [-0.3, -0.25) is 4.79 Å².